The summed E-state index contributed by atoms with van der Waals surface area (Å²) in [5.41, 5.74) is 3.60. The van der Waals surface area contributed by atoms with Crippen molar-refractivity contribution in [1.82, 2.24) is 0 Å². The Kier molecular flexibility index (Phi) is 9.07. The number of halogens is 1. The molecule has 3 heteroatoms. The lowest BCUT2D eigenvalue weighted by Crippen LogP contribution is -2.51. The van der Waals surface area contributed by atoms with Crippen LogP contribution in [0.15, 0.2) is 42.0 Å². The van der Waals surface area contributed by atoms with Crippen molar-refractivity contribution < 1.29 is 9.53 Å². The van der Waals surface area contributed by atoms with E-state index in [0.717, 1.165) is 53.9 Å². The van der Waals surface area contributed by atoms with Crippen LogP contribution in [0.3, 0.4) is 0 Å². The molecule has 0 saturated heterocycles. The van der Waals surface area contributed by atoms with Crippen molar-refractivity contribution in [2.45, 2.75) is 123 Å². The molecule has 5 rings (SSSR count). The maximum atomic E-state index is 12.9. The van der Waals surface area contributed by atoms with Gasteiger partial charge in [-0.05, 0) is 103 Å². The molecule has 1 aromatic carbocycles. The normalized spacial score (nSPS) is 37.3. The minimum absolute atomic E-state index is 0.0283. The summed E-state index contributed by atoms with van der Waals surface area (Å²) in [6, 6.07) is 10.2. The molecule has 2 nitrogen and oxygen atoms in total. The van der Waals surface area contributed by atoms with E-state index in [1.807, 2.05) is 18.2 Å². The molecule has 0 amide bonds. The largest absolute Gasteiger partial charge is 0.461 e. The van der Waals surface area contributed by atoms with Crippen LogP contribution in [0.2, 0.25) is 0 Å². The molecule has 3 saturated carbocycles. The molecule has 0 N–H and O–H groups in total. The van der Waals surface area contributed by atoms with Gasteiger partial charge in [-0.15, -0.1) is 0 Å². The summed E-state index contributed by atoms with van der Waals surface area (Å²) >= 11 is 3.61. The number of carbonyl (C=O) groups excluding carboxylic acids is 1. The average molecular weight is 598 g/mol. The van der Waals surface area contributed by atoms with E-state index in [-0.39, 0.29) is 16.9 Å². The number of hydrogen-bond donors (Lipinski definition) is 0. The van der Waals surface area contributed by atoms with Crippen molar-refractivity contribution in [1.29, 1.82) is 0 Å². The highest BCUT2D eigenvalue weighted by molar-refractivity contribution is 9.10. The summed E-state index contributed by atoms with van der Waals surface area (Å²) < 4.78 is 6.10. The second-order valence-corrected chi connectivity index (χ2v) is 15.9. The maximum absolute atomic E-state index is 12.9. The van der Waals surface area contributed by atoms with E-state index in [0.29, 0.717) is 17.3 Å². The number of alkyl halides is 1. The van der Waals surface area contributed by atoms with E-state index >= 15 is 0 Å². The van der Waals surface area contributed by atoms with E-state index in [1.165, 1.54) is 57.8 Å². The van der Waals surface area contributed by atoms with Crippen molar-refractivity contribution in [3.63, 3.8) is 0 Å². The van der Waals surface area contributed by atoms with Gasteiger partial charge >= 0.3 is 5.97 Å². The Bertz CT molecular complexity index is 1020. The monoisotopic (exact) mass is 596 g/mol. The summed E-state index contributed by atoms with van der Waals surface area (Å²) in [6.07, 6.45) is 17.6. The molecule has 0 aliphatic heterocycles. The predicted octanol–water partition coefficient (Wildman–Crippen LogP) is 9.95. The van der Waals surface area contributed by atoms with Gasteiger partial charge in [0.25, 0.3) is 0 Å². The standard InChI is InChI=1S/C36H53BrO2/c1-24(2)10-9-11-25(3)30-16-17-31-29-15-14-27-23-28(18-20-35(27,4)32(29)19-21-36(30,31)5)39-34(38)33(37)22-26-12-7-6-8-13-26/h6-8,12-14,24-25,28-33H,9-11,15-23H2,1-5H3/t25-,28+,29-,30+,31-,32-,33-,35-,36+/m0/s1. The van der Waals surface area contributed by atoms with Crippen LogP contribution in [0.4, 0.5) is 0 Å². The molecule has 1 aromatic rings. The van der Waals surface area contributed by atoms with Crippen LogP contribution in [0.1, 0.15) is 111 Å². The fraction of sp³-hybridized carbons (Fsp3) is 0.750. The molecule has 0 unspecified atom stereocenters. The summed E-state index contributed by atoms with van der Waals surface area (Å²) in [4.78, 5) is 12.7. The molecule has 9 atom stereocenters. The number of rotatable bonds is 9. The Balaban J connectivity index is 1.21. The van der Waals surface area contributed by atoms with E-state index in [9.17, 15) is 4.79 Å². The van der Waals surface area contributed by atoms with Crippen LogP contribution < -0.4 is 0 Å². The molecule has 0 spiro atoms. The zero-order valence-corrected chi connectivity index (χ0v) is 26.8. The Morgan fingerprint density at radius 3 is 2.51 bits per heavy atom. The second kappa shape index (κ2) is 12.0. The first-order chi connectivity index (χ1) is 18.6. The summed E-state index contributed by atoms with van der Waals surface area (Å²) in [5.74, 6) is 5.06. The van der Waals surface area contributed by atoms with Crippen LogP contribution in [0.5, 0.6) is 0 Å². The second-order valence-electron chi connectivity index (χ2n) is 14.7. The zero-order valence-electron chi connectivity index (χ0n) is 25.3. The van der Waals surface area contributed by atoms with Gasteiger partial charge in [0.1, 0.15) is 10.9 Å². The van der Waals surface area contributed by atoms with Crippen LogP contribution in [-0.2, 0) is 16.0 Å². The maximum Gasteiger partial charge on any atom is 0.320 e. The van der Waals surface area contributed by atoms with E-state index in [1.54, 1.807) is 5.57 Å². The molecule has 0 radical (unpaired) electrons. The SMILES string of the molecule is CC(C)CCC[C@H](C)[C@H]1CC[C@H]2[C@@H]3CC=C4C[C@H](OC(=O)[C@@H](Br)Cc5ccccc5)CC[C@]4(C)[C@H]3CC[C@]12C. The minimum Gasteiger partial charge on any atom is -0.461 e. The van der Waals surface area contributed by atoms with Crippen molar-refractivity contribution in [3.8, 4) is 0 Å². The number of hydrogen-bond acceptors (Lipinski definition) is 2. The van der Waals surface area contributed by atoms with Gasteiger partial charge in [0.2, 0.25) is 0 Å². The zero-order chi connectivity index (χ0) is 27.8. The number of carbonyl (C=O) groups is 1. The van der Waals surface area contributed by atoms with Gasteiger partial charge in [0, 0.05) is 6.42 Å². The molecular weight excluding hydrogens is 544 g/mol. The molecule has 0 aromatic heterocycles. The molecule has 0 heterocycles. The number of fused-ring (bicyclic) bond motifs is 5. The smallest absolute Gasteiger partial charge is 0.320 e. The summed E-state index contributed by atoms with van der Waals surface area (Å²) in [6.45, 7) is 12.6. The summed E-state index contributed by atoms with van der Waals surface area (Å²) in [5, 5.41) is 0. The quantitative estimate of drug-likeness (QED) is 0.161. The van der Waals surface area contributed by atoms with Crippen molar-refractivity contribution >= 4 is 21.9 Å². The third-order valence-electron chi connectivity index (χ3n) is 12.1. The topological polar surface area (TPSA) is 26.3 Å². The lowest BCUT2D eigenvalue weighted by atomic mass is 9.47. The van der Waals surface area contributed by atoms with Crippen LogP contribution >= 0.6 is 15.9 Å². The molecule has 4 aliphatic rings. The van der Waals surface area contributed by atoms with Gasteiger partial charge in [0.05, 0.1) is 0 Å². The number of esters is 1. The van der Waals surface area contributed by atoms with E-state index in [2.05, 4.69) is 68.8 Å². The van der Waals surface area contributed by atoms with Gasteiger partial charge < -0.3 is 4.74 Å². The van der Waals surface area contributed by atoms with Crippen molar-refractivity contribution in [2.75, 3.05) is 0 Å². The molecule has 0 bridgehead atoms. The third-order valence-corrected chi connectivity index (χ3v) is 12.8. The fourth-order valence-electron chi connectivity index (χ4n) is 9.90. The molecule has 39 heavy (non-hydrogen) atoms. The number of benzene rings is 1. The summed E-state index contributed by atoms with van der Waals surface area (Å²) in [7, 11) is 0. The fourth-order valence-corrected chi connectivity index (χ4v) is 10.4. The van der Waals surface area contributed by atoms with Crippen molar-refractivity contribution in [2.24, 2.45) is 46.3 Å². The first-order valence-electron chi connectivity index (χ1n) is 16.2. The van der Waals surface area contributed by atoms with Gasteiger partial charge in [-0.1, -0.05) is 112 Å². The van der Waals surface area contributed by atoms with E-state index < -0.39 is 0 Å². The van der Waals surface area contributed by atoms with Gasteiger partial charge in [-0.2, -0.15) is 0 Å². The van der Waals surface area contributed by atoms with Crippen LogP contribution in [0, 0.1) is 46.3 Å². The van der Waals surface area contributed by atoms with Crippen LogP contribution in [0.25, 0.3) is 0 Å². The van der Waals surface area contributed by atoms with Gasteiger partial charge in [-0.25, -0.2) is 0 Å². The Morgan fingerprint density at radius 2 is 1.77 bits per heavy atom. The molecular formula is C36H53BrO2. The van der Waals surface area contributed by atoms with Gasteiger partial charge in [-0.3, -0.25) is 4.79 Å². The highest BCUT2D eigenvalue weighted by Gasteiger charge is 2.59. The van der Waals surface area contributed by atoms with Crippen molar-refractivity contribution in [3.05, 3.63) is 47.5 Å². The average Bonchev–Trinajstić information content (AvgIpc) is 3.26. The lowest BCUT2D eigenvalue weighted by Gasteiger charge is -2.58. The Morgan fingerprint density at radius 1 is 1.00 bits per heavy atom. The highest BCUT2D eigenvalue weighted by atomic mass is 79.9. The predicted molar refractivity (Wildman–Crippen MR) is 166 cm³/mol. The molecule has 216 valence electrons. The minimum atomic E-state index is -0.281. The first kappa shape index (κ1) is 29.4. The Labute approximate surface area is 247 Å². The van der Waals surface area contributed by atoms with E-state index in [4.69, 9.17) is 4.74 Å². The van der Waals surface area contributed by atoms with Gasteiger partial charge in [0.15, 0.2) is 0 Å². The lowest BCUT2D eigenvalue weighted by molar-refractivity contribution is -0.150. The highest BCUT2D eigenvalue weighted by Crippen LogP contribution is 2.67. The molecule has 4 aliphatic carbocycles. The first-order valence-corrected chi connectivity index (χ1v) is 17.1. The number of ether oxygens (including phenoxy) is 1. The van der Waals surface area contributed by atoms with Crippen LogP contribution in [-0.4, -0.2) is 16.9 Å². The Hall–Kier alpha value is -1.09. The number of allylic oxidation sites excluding steroid dienone is 1. The third kappa shape index (κ3) is 5.96. The molecule has 3 fully saturated rings.